The minimum atomic E-state index is -4.09. The van der Waals surface area contributed by atoms with Gasteiger partial charge in [-0.3, -0.25) is 4.79 Å². The van der Waals surface area contributed by atoms with E-state index in [1.807, 2.05) is 31.2 Å². The molecule has 2 aromatic heterocycles. The van der Waals surface area contributed by atoms with E-state index < -0.39 is 15.6 Å². The lowest BCUT2D eigenvalue weighted by atomic mass is 10.0. The molecule has 9 nitrogen and oxygen atoms in total. The Morgan fingerprint density at radius 1 is 1.03 bits per heavy atom. The fourth-order valence-electron chi connectivity index (χ4n) is 3.91. The van der Waals surface area contributed by atoms with Crippen molar-refractivity contribution >= 4 is 37.5 Å². The van der Waals surface area contributed by atoms with Crippen LogP contribution in [-0.2, 0) is 16.6 Å². The van der Waals surface area contributed by atoms with Crippen LogP contribution in [0.4, 0.5) is 5.13 Å². The number of ether oxygens (including phenoxy) is 1. The Morgan fingerprint density at radius 3 is 2.50 bits per heavy atom. The number of aryl methyl sites for hydroxylation is 1. The minimum Gasteiger partial charge on any atom is -0.497 e. The third-order valence-corrected chi connectivity index (χ3v) is 8.33. The molecule has 182 valence electrons. The quantitative estimate of drug-likeness (QED) is 0.343. The summed E-state index contributed by atoms with van der Waals surface area (Å²) >= 11 is 0.971. The molecule has 0 unspecified atom stereocenters. The molecule has 0 spiro atoms. The molecule has 3 aromatic carbocycles. The van der Waals surface area contributed by atoms with E-state index in [-0.39, 0.29) is 22.0 Å². The van der Waals surface area contributed by atoms with Crippen LogP contribution in [0.15, 0.2) is 82.7 Å². The van der Waals surface area contributed by atoms with E-state index >= 15 is 0 Å². The van der Waals surface area contributed by atoms with Crippen molar-refractivity contribution in [2.24, 2.45) is 0 Å². The maximum Gasteiger partial charge on any atom is 0.272 e. The number of sulfonamides is 1. The fourth-order valence-corrected chi connectivity index (χ4v) is 6.07. The highest BCUT2D eigenvalue weighted by Crippen LogP contribution is 2.31. The molecule has 0 bridgehead atoms. The van der Waals surface area contributed by atoms with Crippen LogP contribution in [0.3, 0.4) is 0 Å². The number of hydrogen-bond donors (Lipinski definition) is 1. The first-order valence-corrected chi connectivity index (χ1v) is 13.1. The molecule has 5 aromatic rings. The standard InChI is InChI=1S/C25H21N5O4S2/c1-16-5-3-4-6-20(16)23-21-12-11-19(13-22(21)24(31)29-28-23)36(32,33)30(25-26-15-27-35-25)14-17-7-9-18(34-2)10-8-17/h3-13,15H,14H2,1-2H3,(H,29,31). The number of aromatic amines is 1. The van der Waals surface area contributed by atoms with Gasteiger partial charge in [0.05, 0.1) is 29.6 Å². The molecule has 11 heteroatoms. The topological polar surface area (TPSA) is 118 Å². The summed E-state index contributed by atoms with van der Waals surface area (Å²) < 4.78 is 38.0. The van der Waals surface area contributed by atoms with Crippen LogP contribution in [0, 0.1) is 6.92 Å². The highest BCUT2D eigenvalue weighted by Gasteiger charge is 2.28. The average Bonchev–Trinajstić information content (AvgIpc) is 3.43. The summed E-state index contributed by atoms with van der Waals surface area (Å²) in [6.07, 6.45) is 1.31. The van der Waals surface area contributed by atoms with Crippen molar-refractivity contribution in [2.75, 3.05) is 11.4 Å². The molecule has 0 radical (unpaired) electrons. The molecule has 0 amide bonds. The lowest BCUT2D eigenvalue weighted by Crippen LogP contribution is -2.30. The average molecular weight is 520 g/mol. The first kappa shape index (κ1) is 23.6. The van der Waals surface area contributed by atoms with E-state index in [0.29, 0.717) is 16.8 Å². The Kier molecular flexibility index (Phi) is 6.25. The third-order valence-electron chi connectivity index (χ3n) is 5.80. The number of nitrogens with zero attached hydrogens (tertiary/aromatic N) is 4. The van der Waals surface area contributed by atoms with E-state index in [2.05, 4.69) is 19.6 Å². The molecule has 2 heterocycles. The van der Waals surface area contributed by atoms with Gasteiger partial charge in [-0.2, -0.15) is 9.47 Å². The van der Waals surface area contributed by atoms with Crippen molar-refractivity contribution in [3.8, 4) is 17.0 Å². The Bertz CT molecular complexity index is 1700. The van der Waals surface area contributed by atoms with Crippen molar-refractivity contribution in [3.05, 3.63) is 94.5 Å². The number of nitrogens with one attached hydrogen (secondary N) is 1. The predicted molar refractivity (Wildman–Crippen MR) is 139 cm³/mol. The smallest absolute Gasteiger partial charge is 0.272 e. The van der Waals surface area contributed by atoms with Crippen LogP contribution in [-0.4, -0.2) is 35.1 Å². The van der Waals surface area contributed by atoms with E-state index in [1.54, 1.807) is 37.4 Å². The molecule has 0 atom stereocenters. The molecule has 0 aliphatic carbocycles. The number of rotatable bonds is 7. The molecule has 1 N–H and O–H groups in total. The Labute approximate surface area is 211 Å². The molecular formula is C25H21N5O4S2. The lowest BCUT2D eigenvalue weighted by molar-refractivity contribution is 0.414. The fraction of sp³-hybridized carbons (Fsp3) is 0.120. The Morgan fingerprint density at radius 2 is 1.81 bits per heavy atom. The van der Waals surface area contributed by atoms with Crippen LogP contribution in [0.5, 0.6) is 5.75 Å². The number of H-pyrrole nitrogens is 1. The molecule has 36 heavy (non-hydrogen) atoms. The maximum absolute atomic E-state index is 13.8. The summed E-state index contributed by atoms with van der Waals surface area (Å²) in [7, 11) is -2.53. The van der Waals surface area contributed by atoms with Gasteiger partial charge >= 0.3 is 0 Å². The van der Waals surface area contributed by atoms with Gasteiger partial charge in [-0.05, 0) is 42.3 Å². The monoisotopic (exact) mass is 519 g/mol. The van der Waals surface area contributed by atoms with Gasteiger partial charge in [0, 0.05) is 22.5 Å². The summed E-state index contributed by atoms with van der Waals surface area (Å²) in [6, 6.07) is 19.3. The summed E-state index contributed by atoms with van der Waals surface area (Å²) in [5, 5.41) is 7.76. The number of anilines is 1. The van der Waals surface area contributed by atoms with E-state index in [4.69, 9.17) is 4.74 Å². The molecule has 0 aliphatic rings. The second-order valence-corrected chi connectivity index (χ2v) is 10.6. The van der Waals surface area contributed by atoms with Gasteiger partial charge in [-0.1, -0.05) is 42.5 Å². The highest BCUT2D eigenvalue weighted by molar-refractivity contribution is 7.93. The summed E-state index contributed by atoms with van der Waals surface area (Å²) in [5.41, 5.74) is 2.67. The van der Waals surface area contributed by atoms with Gasteiger partial charge in [0.2, 0.25) is 5.13 Å². The van der Waals surface area contributed by atoms with Gasteiger partial charge in [-0.15, -0.1) is 0 Å². The first-order valence-electron chi connectivity index (χ1n) is 10.9. The van der Waals surface area contributed by atoms with Crippen molar-refractivity contribution in [1.82, 2.24) is 19.6 Å². The predicted octanol–water partition coefficient (Wildman–Crippen LogP) is 4.15. The number of fused-ring (bicyclic) bond motifs is 1. The van der Waals surface area contributed by atoms with Crippen LogP contribution in [0.1, 0.15) is 11.1 Å². The summed E-state index contributed by atoms with van der Waals surface area (Å²) in [5.74, 6) is 0.663. The largest absolute Gasteiger partial charge is 0.497 e. The van der Waals surface area contributed by atoms with Gasteiger partial charge in [0.25, 0.3) is 15.6 Å². The van der Waals surface area contributed by atoms with Crippen LogP contribution in [0.25, 0.3) is 22.0 Å². The number of aromatic nitrogens is 4. The summed E-state index contributed by atoms with van der Waals surface area (Å²) in [6.45, 7) is 1.98. The number of methoxy groups -OCH3 is 1. The SMILES string of the molecule is COc1ccc(CN(c2ncns2)S(=O)(=O)c2ccc3c(-c4ccccc4C)n[nH]c(=O)c3c2)cc1. The second-order valence-electron chi connectivity index (χ2n) is 8.01. The summed E-state index contributed by atoms with van der Waals surface area (Å²) in [4.78, 5) is 16.8. The zero-order valence-corrected chi connectivity index (χ0v) is 21.0. The van der Waals surface area contributed by atoms with Gasteiger partial charge in [0.1, 0.15) is 12.1 Å². The molecule has 0 fully saturated rings. The minimum absolute atomic E-state index is 0.0285. The molecule has 5 rings (SSSR count). The Balaban J connectivity index is 1.61. The highest BCUT2D eigenvalue weighted by atomic mass is 32.2. The van der Waals surface area contributed by atoms with Crippen LogP contribution < -0.4 is 14.6 Å². The zero-order chi connectivity index (χ0) is 25.3. The van der Waals surface area contributed by atoms with Crippen LogP contribution >= 0.6 is 11.5 Å². The van der Waals surface area contributed by atoms with E-state index in [0.717, 1.165) is 28.2 Å². The van der Waals surface area contributed by atoms with Gasteiger partial charge in [0.15, 0.2) is 0 Å². The molecule has 0 saturated heterocycles. The molecule has 0 aliphatic heterocycles. The van der Waals surface area contributed by atoms with Gasteiger partial charge in [-0.25, -0.2) is 22.8 Å². The van der Waals surface area contributed by atoms with E-state index in [9.17, 15) is 13.2 Å². The Hall–Kier alpha value is -4.09. The zero-order valence-electron chi connectivity index (χ0n) is 19.4. The molecular weight excluding hydrogens is 498 g/mol. The van der Waals surface area contributed by atoms with Crippen molar-refractivity contribution in [2.45, 2.75) is 18.4 Å². The first-order chi connectivity index (χ1) is 17.4. The van der Waals surface area contributed by atoms with Crippen molar-refractivity contribution < 1.29 is 13.2 Å². The maximum atomic E-state index is 13.8. The second kappa shape index (κ2) is 9.51. The normalized spacial score (nSPS) is 11.5. The van der Waals surface area contributed by atoms with Crippen LogP contribution in [0.2, 0.25) is 0 Å². The van der Waals surface area contributed by atoms with E-state index in [1.165, 1.54) is 22.8 Å². The van der Waals surface area contributed by atoms with Crippen molar-refractivity contribution in [1.29, 1.82) is 0 Å². The lowest BCUT2D eigenvalue weighted by Gasteiger charge is -2.22. The number of hydrogen-bond acceptors (Lipinski definition) is 8. The van der Waals surface area contributed by atoms with Gasteiger partial charge < -0.3 is 4.74 Å². The van der Waals surface area contributed by atoms with Crippen molar-refractivity contribution in [3.63, 3.8) is 0 Å². The molecule has 0 saturated carbocycles. The third kappa shape index (κ3) is 4.34. The number of benzene rings is 3.